The van der Waals surface area contributed by atoms with Gasteiger partial charge in [0, 0.05) is 6.04 Å². The van der Waals surface area contributed by atoms with Crippen LogP contribution in [0.3, 0.4) is 0 Å². The van der Waals surface area contributed by atoms with E-state index in [9.17, 15) is 9.18 Å². The molecule has 0 spiro atoms. The molecule has 0 heterocycles. The van der Waals surface area contributed by atoms with Gasteiger partial charge in [-0.05, 0) is 60.9 Å². The normalized spacial score (nSPS) is 19.6. The zero-order chi connectivity index (χ0) is 16.5. The minimum absolute atomic E-state index is 0.172. The number of hydrogen-bond acceptors (Lipinski definition) is 1. The Morgan fingerprint density at radius 3 is 2.54 bits per heavy atom. The van der Waals surface area contributed by atoms with Crippen molar-refractivity contribution >= 4 is 5.91 Å². The molecule has 1 amide bonds. The number of hydrogen-bond donors (Lipinski definition) is 0. The standard InChI is InChI=1S/C21H22FNO/c22-17-10-8-15(9-11-17)14-21(24)23(18-12-13-18)20-7-3-5-16-4-1-2-6-19(16)20/h1-2,4,6,8-11,18,20H,3,5,7,12-14H2. The van der Waals surface area contributed by atoms with Crippen LogP contribution >= 0.6 is 0 Å². The number of carbonyl (C=O) groups is 1. The maximum absolute atomic E-state index is 13.1. The summed E-state index contributed by atoms with van der Waals surface area (Å²) in [6.45, 7) is 0. The lowest BCUT2D eigenvalue weighted by atomic mass is 9.86. The molecule has 1 unspecified atom stereocenters. The highest BCUT2D eigenvalue weighted by atomic mass is 19.1. The SMILES string of the molecule is O=C(Cc1ccc(F)cc1)N(C1CC1)C1CCCc2ccccc21. The highest BCUT2D eigenvalue weighted by Crippen LogP contribution is 2.41. The number of benzene rings is 2. The van der Waals surface area contributed by atoms with Crippen LogP contribution in [0.5, 0.6) is 0 Å². The molecule has 2 aliphatic carbocycles. The monoisotopic (exact) mass is 323 g/mol. The van der Waals surface area contributed by atoms with Crippen LogP contribution in [0.1, 0.15) is 48.4 Å². The Morgan fingerprint density at radius 1 is 1.04 bits per heavy atom. The van der Waals surface area contributed by atoms with Gasteiger partial charge in [-0.2, -0.15) is 0 Å². The smallest absolute Gasteiger partial charge is 0.227 e. The lowest BCUT2D eigenvalue weighted by Crippen LogP contribution is -2.39. The van der Waals surface area contributed by atoms with Gasteiger partial charge < -0.3 is 4.90 Å². The average Bonchev–Trinajstić information content (AvgIpc) is 3.42. The van der Waals surface area contributed by atoms with Gasteiger partial charge in [0.15, 0.2) is 0 Å². The molecule has 0 radical (unpaired) electrons. The van der Waals surface area contributed by atoms with Crippen molar-refractivity contribution in [1.82, 2.24) is 4.90 Å². The van der Waals surface area contributed by atoms with Crippen molar-refractivity contribution in [3.05, 3.63) is 71.0 Å². The van der Waals surface area contributed by atoms with Crippen LogP contribution in [0.15, 0.2) is 48.5 Å². The molecule has 0 aliphatic heterocycles. The van der Waals surface area contributed by atoms with Gasteiger partial charge in [-0.15, -0.1) is 0 Å². The molecule has 2 aromatic rings. The molecule has 0 aromatic heterocycles. The first-order valence-electron chi connectivity index (χ1n) is 8.86. The number of rotatable bonds is 4. The summed E-state index contributed by atoms with van der Waals surface area (Å²) in [5, 5.41) is 0. The Kier molecular flexibility index (Phi) is 4.09. The molecular weight excluding hydrogens is 301 g/mol. The van der Waals surface area contributed by atoms with Crippen LogP contribution in [0, 0.1) is 5.82 Å². The first kappa shape index (κ1) is 15.4. The molecule has 2 aromatic carbocycles. The summed E-state index contributed by atoms with van der Waals surface area (Å²) in [7, 11) is 0. The van der Waals surface area contributed by atoms with E-state index in [0.717, 1.165) is 37.7 Å². The zero-order valence-electron chi connectivity index (χ0n) is 13.7. The molecule has 0 saturated heterocycles. The third-order valence-corrected chi connectivity index (χ3v) is 5.17. The van der Waals surface area contributed by atoms with Crippen LogP contribution in [0.4, 0.5) is 4.39 Å². The van der Waals surface area contributed by atoms with Crippen molar-refractivity contribution in [1.29, 1.82) is 0 Å². The largest absolute Gasteiger partial charge is 0.332 e. The lowest BCUT2D eigenvalue weighted by Gasteiger charge is -2.36. The molecule has 124 valence electrons. The van der Waals surface area contributed by atoms with Crippen molar-refractivity contribution in [2.45, 2.75) is 50.6 Å². The van der Waals surface area contributed by atoms with Crippen LogP contribution in [0.2, 0.25) is 0 Å². The third-order valence-electron chi connectivity index (χ3n) is 5.17. The second-order valence-corrected chi connectivity index (χ2v) is 6.94. The molecule has 2 aliphatic rings. The minimum Gasteiger partial charge on any atom is -0.332 e. The van der Waals surface area contributed by atoms with E-state index in [1.165, 1.54) is 23.3 Å². The van der Waals surface area contributed by atoms with Gasteiger partial charge >= 0.3 is 0 Å². The number of halogens is 1. The molecule has 24 heavy (non-hydrogen) atoms. The summed E-state index contributed by atoms with van der Waals surface area (Å²) in [5.41, 5.74) is 3.59. The van der Waals surface area contributed by atoms with Crippen molar-refractivity contribution in [2.75, 3.05) is 0 Å². The summed E-state index contributed by atoms with van der Waals surface area (Å²) in [6, 6.07) is 15.4. The van der Waals surface area contributed by atoms with Crippen molar-refractivity contribution < 1.29 is 9.18 Å². The number of amides is 1. The number of carbonyl (C=O) groups excluding carboxylic acids is 1. The molecule has 0 bridgehead atoms. The summed E-state index contributed by atoms with van der Waals surface area (Å²) in [4.78, 5) is 15.1. The maximum Gasteiger partial charge on any atom is 0.227 e. The minimum atomic E-state index is -0.258. The molecule has 2 nitrogen and oxygen atoms in total. The van der Waals surface area contributed by atoms with Gasteiger partial charge in [0.1, 0.15) is 5.82 Å². The topological polar surface area (TPSA) is 20.3 Å². The van der Waals surface area contributed by atoms with Crippen molar-refractivity contribution in [2.24, 2.45) is 0 Å². The van der Waals surface area contributed by atoms with E-state index < -0.39 is 0 Å². The highest BCUT2D eigenvalue weighted by Gasteiger charge is 2.39. The van der Waals surface area contributed by atoms with Crippen molar-refractivity contribution in [3.8, 4) is 0 Å². The highest BCUT2D eigenvalue weighted by molar-refractivity contribution is 5.80. The first-order chi connectivity index (χ1) is 11.7. The maximum atomic E-state index is 13.1. The van der Waals surface area contributed by atoms with Crippen LogP contribution in [-0.4, -0.2) is 16.8 Å². The first-order valence-corrected chi connectivity index (χ1v) is 8.86. The molecule has 0 N–H and O–H groups in total. The molecular formula is C21H22FNO. The van der Waals surface area contributed by atoms with E-state index in [1.54, 1.807) is 12.1 Å². The van der Waals surface area contributed by atoms with Crippen LogP contribution in [0.25, 0.3) is 0 Å². The lowest BCUT2D eigenvalue weighted by molar-refractivity contribution is -0.134. The molecule has 1 atom stereocenters. The predicted molar refractivity (Wildman–Crippen MR) is 92.1 cm³/mol. The Labute approximate surface area is 142 Å². The third kappa shape index (κ3) is 3.08. The molecule has 3 heteroatoms. The summed E-state index contributed by atoms with van der Waals surface area (Å²) < 4.78 is 13.1. The Bertz CT molecular complexity index is 736. The van der Waals surface area contributed by atoms with Gasteiger partial charge in [0.2, 0.25) is 5.91 Å². The van der Waals surface area contributed by atoms with Gasteiger partial charge in [0.05, 0.1) is 12.5 Å². The second kappa shape index (κ2) is 6.39. The molecule has 4 rings (SSSR count). The Morgan fingerprint density at radius 2 is 1.79 bits per heavy atom. The van der Waals surface area contributed by atoms with Crippen molar-refractivity contribution in [3.63, 3.8) is 0 Å². The van der Waals surface area contributed by atoms with E-state index in [0.29, 0.717) is 12.5 Å². The van der Waals surface area contributed by atoms with Gasteiger partial charge in [0.25, 0.3) is 0 Å². The average molecular weight is 323 g/mol. The van der Waals surface area contributed by atoms with E-state index in [2.05, 4.69) is 29.2 Å². The fourth-order valence-corrected chi connectivity index (χ4v) is 3.87. The molecule has 1 saturated carbocycles. The zero-order valence-corrected chi connectivity index (χ0v) is 13.7. The fraction of sp³-hybridized carbons (Fsp3) is 0.381. The van der Waals surface area contributed by atoms with Gasteiger partial charge in [-0.1, -0.05) is 36.4 Å². The number of nitrogens with zero attached hydrogens (tertiary/aromatic N) is 1. The van der Waals surface area contributed by atoms with E-state index in [4.69, 9.17) is 0 Å². The Balaban J connectivity index is 1.59. The Hall–Kier alpha value is -2.16. The number of aryl methyl sites for hydroxylation is 1. The predicted octanol–water partition coefficient (Wildman–Crippen LogP) is 4.44. The summed E-state index contributed by atoms with van der Waals surface area (Å²) in [5.74, 6) is -0.0859. The van der Waals surface area contributed by atoms with E-state index in [-0.39, 0.29) is 17.8 Å². The van der Waals surface area contributed by atoms with E-state index in [1.807, 2.05) is 0 Å². The quantitative estimate of drug-likeness (QED) is 0.815. The van der Waals surface area contributed by atoms with Gasteiger partial charge in [-0.25, -0.2) is 4.39 Å². The second-order valence-electron chi connectivity index (χ2n) is 6.94. The van der Waals surface area contributed by atoms with Crippen LogP contribution < -0.4 is 0 Å². The van der Waals surface area contributed by atoms with Gasteiger partial charge in [-0.3, -0.25) is 4.79 Å². The summed E-state index contributed by atoms with van der Waals surface area (Å²) >= 11 is 0. The number of fused-ring (bicyclic) bond motifs is 1. The van der Waals surface area contributed by atoms with Crippen LogP contribution in [-0.2, 0) is 17.6 Å². The van der Waals surface area contributed by atoms with E-state index >= 15 is 0 Å². The molecule has 1 fully saturated rings. The summed E-state index contributed by atoms with van der Waals surface area (Å²) in [6.07, 6.45) is 5.85. The fourth-order valence-electron chi connectivity index (χ4n) is 3.87.